The Morgan fingerprint density at radius 3 is 0.926 bits per heavy atom. The normalized spacial score (nSPS) is 20.9. The molecule has 0 aliphatic carbocycles. The van der Waals surface area contributed by atoms with E-state index in [1.807, 2.05) is 76.1 Å². The fourth-order valence-electron chi connectivity index (χ4n) is 10.0. The van der Waals surface area contributed by atoms with Crippen LogP contribution in [0.15, 0.2) is 128 Å². The quantitative estimate of drug-likeness (QED) is 0.0666. The highest BCUT2D eigenvalue weighted by atomic mass is 35.5. The molecule has 3 aliphatic heterocycles. The number of aryl methyl sites for hydroxylation is 3. The number of aromatic nitrogens is 6. The summed E-state index contributed by atoms with van der Waals surface area (Å²) in [6, 6.07) is 18.0. The summed E-state index contributed by atoms with van der Waals surface area (Å²) in [4.78, 5) is 43.8. The van der Waals surface area contributed by atoms with Gasteiger partial charge >= 0.3 is 0 Å². The minimum atomic E-state index is -3.88. The zero-order chi connectivity index (χ0) is 67.0. The molecule has 3 amide bonds. The number of hydrogen-bond acceptors (Lipinski definition) is 15. The highest BCUT2D eigenvalue weighted by Gasteiger charge is 2.44. The lowest BCUT2D eigenvalue weighted by Gasteiger charge is -2.35. The highest BCUT2D eigenvalue weighted by Crippen LogP contribution is 2.40. The number of amides is 3. The van der Waals surface area contributed by atoms with Crippen LogP contribution in [-0.2, 0) is 66.2 Å². The predicted octanol–water partition coefficient (Wildman–Crippen LogP) is 10.1. The van der Waals surface area contributed by atoms with Gasteiger partial charge in [-0.3, -0.25) is 28.4 Å². The van der Waals surface area contributed by atoms with E-state index in [1.54, 1.807) is 32.6 Å². The molecule has 3 saturated heterocycles. The van der Waals surface area contributed by atoms with Crippen molar-refractivity contribution in [3.63, 3.8) is 0 Å². The Bertz CT molecular complexity index is 4190. The molecule has 6 aromatic heterocycles. The van der Waals surface area contributed by atoms with Crippen LogP contribution >= 0.6 is 68.8 Å². The maximum Gasteiger partial charge on any atom is 0.280 e. The van der Waals surface area contributed by atoms with Gasteiger partial charge in [-0.15, -0.1) is 34.0 Å². The molecule has 0 saturated carbocycles. The van der Waals surface area contributed by atoms with Crippen molar-refractivity contribution in [2.45, 2.75) is 62.9 Å². The van der Waals surface area contributed by atoms with Crippen LogP contribution in [0.1, 0.15) is 59.4 Å². The van der Waals surface area contributed by atoms with E-state index in [-0.39, 0.29) is 58.8 Å². The third kappa shape index (κ3) is 16.5. The average molecular weight is 1470 g/mol. The minimum absolute atomic E-state index is 0. The Balaban J connectivity index is 0.000000165. The van der Waals surface area contributed by atoms with E-state index >= 15 is 0 Å². The van der Waals surface area contributed by atoms with Crippen molar-refractivity contribution in [1.29, 1.82) is 0 Å². The number of nitrogens with zero attached hydrogens (tertiary/aromatic N) is 9. The molecule has 0 radical (unpaired) electrons. The number of thiophene rings is 3. The van der Waals surface area contributed by atoms with Crippen LogP contribution in [0.5, 0.6) is 0 Å². The number of benzene rings is 3. The Hall–Kier alpha value is -6.93. The number of likely N-dealkylation sites (N-methyl/N-ethyl adjacent to an activating group) is 3. The van der Waals surface area contributed by atoms with Crippen LogP contribution in [0, 0.1) is 17.5 Å². The summed E-state index contributed by atoms with van der Waals surface area (Å²) in [6.07, 6.45) is 11.5. The van der Waals surface area contributed by atoms with E-state index in [4.69, 9.17) is 34.8 Å². The fraction of sp³-hybridized carbons (Fsp3) is 0.276. The van der Waals surface area contributed by atoms with E-state index in [9.17, 15) is 52.8 Å². The Morgan fingerprint density at radius 2 is 0.702 bits per heavy atom. The molecular formula is C58H61Cl3F3N15O9S6. The topological polar surface area (TPSA) is 289 Å². The van der Waals surface area contributed by atoms with Gasteiger partial charge in [-0.05, 0) is 110 Å². The molecule has 0 spiro atoms. The zero-order valence-electron chi connectivity index (χ0n) is 49.6. The molecule has 9 aromatic rings. The first-order chi connectivity index (χ1) is 43.9. The number of carbonyl (C=O) groups is 3. The molecule has 0 bridgehead atoms. The summed E-state index contributed by atoms with van der Waals surface area (Å²) >= 11 is 21.6. The van der Waals surface area contributed by atoms with Gasteiger partial charge in [0.15, 0.2) is 0 Å². The average Bonchev–Trinajstić information content (AvgIpc) is 1.31. The van der Waals surface area contributed by atoms with Crippen LogP contribution in [0.2, 0.25) is 15.1 Å². The van der Waals surface area contributed by atoms with Crippen molar-refractivity contribution >= 4 is 134 Å². The van der Waals surface area contributed by atoms with Gasteiger partial charge < -0.3 is 16.0 Å². The van der Waals surface area contributed by atoms with Crippen LogP contribution in [-0.4, -0.2) is 125 Å². The maximum atomic E-state index is 13.4. The number of halogens is 6. The number of hydrogen-bond donors (Lipinski definition) is 6. The second-order valence-electron chi connectivity index (χ2n) is 21.5. The summed E-state index contributed by atoms with van der Waals surface area (Å²) in [7, 11) is -2.16. The third-order valence-corrected chi connectivity index (χ3v) is 24.5. The summed E-state index contributed by atoms with van der Waals surface area (Å²) in [5.41, 5.74) is 3.64. The van der Waals surface area contributed by atoms with E-state index in [0.29, 0.717) is 0 Å². The standard InChI is InChI=1S/3C19H19ClFN5O3S2.CH4/c3*1-25-10-11(9-22-25)17-5-6-18(30-17)15-8-16(26(2)31(28,29)24-15)19(27)23-12-3-4-14(21)13(20)7-12;/h3*3-7,9-10,15-16,24H,8H2,1-2H3,(H,23,27);1H4/t2*15-,16+;;/m10../s1. The predicted molar refractivity (Wildman–Crippen MR) is 359 cm³/mol. The van der Waals surface area contributed by atoms with Crippen molar-refractivity contribution in [3.8, 4) is 31.3 Å². The van der Waals surface area contributed by atoms with Gasteiger partial charge in [0.1, 0.15) is 35.6 Å². The van der Waals surface area contributed by atoms with Gasteiger partial charge in [0.2, 0.25) is 17.7 Å². The van der Waals surface area contributed by atoms with Crippen molar-refractivity contribution in [2.75, 3.05) is 37.1 Å². The number of anilines is 3. The number of nitrogens with one attached hydrogen (secondary N) is 6. The lowest BCUT2D eigenvalue weighted by molar-refractivity contribution is -0.120. The molecular weight excluding hydrogens is 1410 g/mol. The highest BCUT2D eigenvalue weighted by molar-refractivity contribution is 7.87. The van der Waals surface area contributed by atoms with Gasteiger partial charge in [0.25, 0.3) is 30.6 Å². The monoisotopic (exact) mass is 1470 g/mol. The van der Waals surface area contributed by atoms with Gasteiger partial charge in [-0.2, -0.15) is 67.6 Å². The zero-order valence-corrected chi connectivity index (χ0v) is 56.8. The van der Waals surface area contributed by atoms with Crippen molar-refractivity contribution in [2.24, 2.45) is 21.1 Å². The van der Waals surface area contributed by atoms with Crippen LogP contribution < -0.4 is 30.1 Å². The summed E-state index contributed by atoms with van der Waals surface area (Å²) in [5.74, 6) is -3.40. The molecule has 500 valence electrons. The Morgan fingerprint density at radius 1 is 0.447 bits per heavy atom. The SMILES string of the molecule is C.CN1C(C(=O)Nc2ccc(F)c(Cl)c2)CC(c2ccc(-c3cnn(C)c3)s2)NS1(=O)=O.CN1[C@@H](C(=O)Nc2ccc(F)c(Cl)c2)C[C@@H](c2ccc(-c3cnn(C)c3)s2)NS1(=O)=O.CN1[C@H](C(=O)Nc2ccc(F)c(Cl)c2)C[C@H](c2ccc(-c3cnn(C)c3)s2)NS1(=O)=O. The van der Waals surface area contributed by atoms with Gasteiger partial charge in [-0.1, -0.05) is 42.2 Å². The molecule has 3 aromatic carbocycles. The summed E-state index contributed by atoms with van der Waals surface area (Å²) < 4.78 is 132. The van der Waals surface area contributed by atoms with Crippen molar-refractivity contribution in [1.82, 2.24) is 56.4 Å². The minimum Gasteiger partial charge on any atom is -0.325 e. The maximum absolute atomic E-state index is 13.4. The van der Waals surface area contributed by atoms with Gasteiger partial charge in [0.05, 0.1) is 51.8 Å². The Kier molecular flexibility index (Phi) is 22.2. The molecule has 24 nitrogen and oxygen atoms in total. The molecule has 3 aliphatic rings. The second-order valence-corrected chi connectivity index (χ2v) is 31.4. The first kappa shape index (κ1) is 71.4. The molecule has 9 heterocycles. The summed E-state index contributed by atoms with van der Waals surface area (Å²) in [6.45, 7) is 0. The fourth-order valence-corrected chi connectivity index (χ4v) is 17.7. The van der Waals surface area contributed by atoms with Crippen molar-refractivity contribution in [3.05, 3.63) is 175 Å². The molecule has 36 heteroatoms. The smallest absolute Gasteiger partial charge is 0.280 e. The van der Waals surface area contributed by atoms with E-state index in [0.717, 1.165) is 77.1 Å². The molecule has 2 unspecified atom stereocenters. The Labute approximate surface area is 567 Å². The first-order valence-corrected chi connectivity index (χ1v) is 35.6. The molecule has 12 rings (SSSR count). The largest absolute Gasteiger partial charge is 0.325 e. The van der Waals surface area contributed by atoms with E-state index in [2.05, 4.69) is 45.4 Å². The van der Waals surface area contributed by atoms with Gasteiger partial charge in [-0.25, -0.2) is 13.2 Å². The van der Waals surface area contributed by atoms with Crippen molar-refractivity contribution < 1.29 is 52.8 Å². The number of rotatable bonds is 12. The van der Waals surface area contributed by atoms with E-state index in [1.165, 1.54) is 91.6 Å². The second kappa shape index (κ2) is 29.2. The molecule has 6 atom stereocenters. The first-order valence-electron chi connectivity index (χ1n) is 27.7. The van der Waals surface area contributed by atoms with Crippen LogP contribution in [0.4, 0.5) is 30.2 Å². The lowest BCUT2D eigenvalue weighted by atomic mass is 10.1. The third-order valence-electron chi connectivity index (χ3n) is 15.1. The molecule has 3 fully saturated rings. The van der Waals surface area contributed by atoms with Crippen LogP contribution in [0.25, 0.3) is 31.3 Å². The van der Waals surface area contributed by atoms with Gasteiger partial charge in [0, 0.05) is 124 Å². The molecule has 94 heavy (non-hydrogen) atoms. The lowest BCUT2D eigenvalue weighted by Crippen LogP contribution is -2.55. The summed E-state index contributed by atoms with van der Waals surface area (Å²) in [5, 5.41) is 19.9. The molecule has 6 N–H and O–H groups in total. The van der Waals surface area contributed by atoms with E-state index < -0.39 is 102 Å². The number of carbonyl (C=O) groups excluding carboxylic acids is 3. The van der Waals surface area contributed by atoms with Crippen LogP contribution in [0.3, 0.4) is 0 Å².